The van der Waals surface area contributed by atoms with Crippen LogP contribution in [0.5, 0.6) is 17.2 Å². The van der Waals surface area contributed by atoms with Crippen LogP contribution >= 0.6 is 0 Å². The van der Waals surface area contributed by atoms with Crippen LogP contribution in [0.15, 0.2) is 48.5 Å². The van der Waals surface area contributed by atoms with Gasteiger partial charge in [0.05, 0.1) is 5.92 Å². The lowest BCUT2D eigenvalue weighted by Gasteiger charge is -2.36. The van der Waals surface area contributed by atoms with Crippen LogP contribution in [0.2, 0.25) is 36.3 Å². The van der Waals surface area contributed by atoms with Gasteiger partial charge in [-0.05, 0) is 84.5 Å². The molecule has 0 aliphatic heterocycles. The van der Waals surface area contributed by atoms with Crippen molar-refractivity contribution in [2.75, 3.05) is 0 Å². The molecule has 0 saturated heterocycles. The average molecular weight is 667 g/mol. The fourth-order valence-corrected chi connectivity index (χ4v) is 6.01. The Morgan fingerprint density at radius 2 is 0.911 bits per heavy atom. The smallest absolute Gasteiger partial charge is 0.315 e. The van der Waals surface area contributed by atoms with Crippen molar-refractivity contribution in [1.82, 2.24) is 0 Å². The summed E-state index contributed by atoms with van der Waals surface area (Å²) >= 11 is 0. The summed E-state index contributed by atoms with van der Waals surface area (Å²) < 4.78 is 87.6. The van der Waals surface area contributed by atoms with Crippen LogP contribution < -0.4 is 13.6 Å². The number of hydrogen-bond acceptors (Lipinski definition) is 4. The van der Waals surface area contributed by atoms with Gasteiger partial charge in [-0.1, -0.05) is 65.8 Å². The fourth-order valence-electron chi connectivity index (χ4n) is 3.95. The van der Waals surface area contributed by atoms with Crippen LogP contribution in [0.25, 0.3) is 0 Å². The predicted molar refractivity (Wildman–Crippen MR) is 171 cm³/mol. The van der Waals surface area contributed by atoms with Crippen LogP contribution in [-0.2, 0) is 17.6 Å². The van der Waals surface area contributed by atoms with Crippen molar-refractivity contribution < 1.29 is 40.3 Å². The minimum atomic E-state index is -2.33. The highest BCUT2D eigenvalue weighted by molar-refractivity contribution is 6.75. The molecule has 0 N–H and O–H groups in total. The van der Waals surface area contributed by atoms with Gasteiger partial charge in [-0.3, -0.25) is 4.79 Å². The molecule has 0 heterocycles. The maximum Gasteiger partial charge on any atom is 0.315 e. The Hall–Kier alpha value is -3.19. The molecule has 11 heteroatoms. The number of rotatable bonds is 10. The maximum absolute atomic E-state index is 14.4. The molecule has 0 fully saturated rings. The van der Waals surface area contributed by atoms with Crippen molar-refractivity contribution in [3.05, 3.63) is 88.7 Å². The van der Waals surface area contributed by atoms with E-state index < -0.39 is 63.4 Å². The van der Waals surface area contributed by atoms with Gasteiger partial charge >= 0.3 is 5.97 Å². The highest BCUT2D eigenvalue weighted by Gasteiger charge is 2.40. The standard InChI is InChI=1S/C34H43F5O4Si2/c1-33(2,3)44(7,8)42-24-15-11-21(12-16-24)19-23(32(40)41-31-29(38)27(36)26(35)28(37)30(31)39)20-22-13-17-25(18-14-22)43-45(9,10)34(4,5)6/h11-18,23H,19-20H2,1-10H3. The molecule has 0 spiro atoms. The summed E-state index contributed by atoms with van der Waals surface area (Å²) in [4.78, 5) is 13.3. The molecule has 0 aliphatic rings. The molecule has 3 aromatic rings. The summed E-state index contributed by atoms with van der Waals surface area (Å²) in [7, 11) is -4.21. The van der Waals surface area contributed by atoms with Crippen molar-refractivity contribution in [3.8, 4) is 17.2 Å². The Morgan fingerprint density at radius 1 is 0.600 bits per heavy atom. The predicted octanol–water partition coefficient (Wildman–Crippen LogP) is 10.2. The highest BCUT2D eigenvalue weighted by Crippen LogP contribution is 2.39. The molecule has 0 radical (unpaired) electrons. The minimum absolute atomic E-state index is 0.0182. The number of hydrogen-bond donors (Lipinski definition) is 0. The Labute approximate surface area is 265 Å². The topological polar surface area (TPSA) is 44.8 Å². The van der Waals surface area contributed by atoms with Crippen LogP contribution in [0.4, 0.5) is 22.0 Å². The summed E-state index contributed by atoms with van der Waals surface area (Å²) in [5, 5.41) is -0.0364. The molecule has 45 heavy (non-hydrogen) atoms. The summed E-state index contributed by atoms with van der Waals surface area (Å²) in [6.07, 6.45) is 0.133. The van der Waals surface area contributed by atoms with E-state index in [-0.39, 0.29) is 22.9 Å². The third-order valence-electron chi connectivity index (χ3n) is 8.87. The van der Waals surface area contributed by atoms with E-state index in [2.05, 4.69) is 67.7 Å². The average Bonchev–Trinajstić information content (AvgIpc) is 2.93. The lowest BCUT2D eigenvalue weighted by atomic mass is 9.92. The third-order valence-corrected chi connectivity index (χ3v) is 17.6. The molecular weight excluding hydrogens is 624 g/mol. The van der Waals surface area contributed by atoms with E-state index in [1.807, 2.05) is 0 Å². The minimum Gasteiger partial charge on any atom is -0.544 e. The zero-order valence-corrected chi connectivity index (χ0v) is 29.6. The first-order valence-corrected chi connectivity index (χ1v) is 20.6. The van der Waals surface area contributed by atoms with Gasteiger partial charge in [0, 0.05) is 0 Å². The van der Waals surface area contributed by atoms with E-state index in [0.29, 0.717) is 22.6 Å². The molecule has 3 aromatic carbocycles. The number of carbonyl (C=O) groups is 1. The first-order valence-electron chi connectivity index (χ1n) is 14.8. The van der Waals surface area contributed by atoms with Gasteiger partial charge in [0.15, 0.2) is 0 Å². The van der Waals surface area contributed by atoms with Crippen LogP contribution in [0.3, 0.4) is 0 Å². The lowest BCUT2D eigenvalue weighted by Crippen LogP contribution is -2.43. The molecule has 0 atom stereocenters. The zero-order valence-electron chi connectivity index (χ0n) is 27.6. The monoisotopic (exact) mass is 666 g/mol. The van der Waals surface area contributed by atoms with E-state index in [0.717, 1.165) is 0 Å². The first kappa shape index (κ1) is 36.3. The van der Waals surface area contributed by atoms with E-state index in [1.165, 1.54) is 0 Å². The summed E-state index contributed by atoms with van der Waals surface area (Å²) in [5.41, 5.74) is 1.38. The number of ether oxygens (including phenoxy) is 1. The fraction of sp³-hybridized carbons (Fsp3) is 0.441. The normalized spacial score (nSPS) is 12.8. The number of esters is 1. The molecule has 0 bridgehead atoms. The summed E-state index contributed by atoms with van der Waals surface area (Å²) in [6, 6.07) is 14.2. The van der Waals surface area contributed by atoms with Gasteiger partial charge in [0.1, 0.15) is 11.5 Å². The second kappa shape index (κ2) is 13.3. The Kier molecular flexibility index (Phi) is 10.7. The molecule has 246 valence electrons. The second-order valence-corrected chi connectivity index (χ2v) is 23.9. The molecule has 0 unspecified atom stereocenters. The largest absolute Gasteiger partial charge is 0.544 e. The number of benzene rings is 3. The number of halogens is 5. The molecule has 3 rings (SSSR count). The molecule has 0 amide bonds. The second-order valence-electron chi connectivity index (χ2n) is 14.4. The van der Waals surface area contributed by atoms with Gasteiger partial charge < -0.3 is 13.6 Å². The van der Waals surface area contributed by atoms with Crippen molar-refractivity contribution in [1.29, 1.82) is 0 Å². The Morgan fingerprint density at radius 3 is 1.22 bits per heavy atom. The van der Waals surface area contributed by atoms with Crippen molar-refractivity contribution in [2.45, 2.75) is 90.6 Å². The SMILES string of the molecule is CC(C)(C)[Si](C)(C)Oc1ccc(CC(Cc2ccc(O[Si](C)(C)C(C)(C)C)cc2)C(=O)Oc2c(F)c(F)c(F)c(F)c2F)cc1. The van der Waals surface area contributed by atoms with Crippen molar-refractivity contribution >= 4 is 22.6 Å². The quantitative estimate of drug-likeness (QED) is 0.0540. The Bertz CT molecular complexity index is 1410. The van der Waals surface area contributed by atoms with E-state index in [4.69, 9.17) is 13.6 Å². The summed E-state index contributed by atoms with van der Waals surface area (Å²) in [6.45, 7) is 21.2. The van der Waals surface area contributed by atoms with Gasteiger partial charge in [-0.25, -0.2) is 13.2 Å². The van der Waals surface area contributed by atoms with Crippen molar-refractivity contribution in [2.24, 2.45) is 5.92 Å². The van der Waals surface area contributed by atoms with E-state index in [1.54, 1.807) is 48.5 Å². The Balaban J connectivity index is 1.90. The van der Waals surface area contributed by atoms with Gasteiger partial charge in [0.25, 0.3) is 0 Å². The van der Waals surface area contributed by atoms with E-state index >= 15 is 0 Å². The summed E-state index contributed by atoms with van der Waals surface area (Å²) in [5.74, 6) is -13.6. The van der Waals surface area contributed by atoms with Gasteiger partial charge in [-0.2, -0.15) is 8.78 Å². The number of carbonyl (C=O) groups excluding carboxylic acids is 1. The van der Waals surface area contributed by atoms with Gasteiger partial charge in [0.2, 0.25) is 51.5 Å². The van der Waals surface area contributed by atoms with Crippen LogP contribution in [0.1, 0.15) is 52.7 Å². The maximum atomic E-state index is 14.4. The molecule has 0 saturated carbocycles. The van der Waals surface area contributed by atoms with Crippen molar-refractivity contribution in [3.63, 3.8) is 0 Å². The molecule has 4 nitrogen and oxygen atoms in total. The third kappa shape index (κ3) is 8.55. The molecule has 0 aliphatic carbocycles. The van der Waals surface area contributed by atoms with E-state index in [9.17, 15) is 26.7 Å². The van der Waals surface area contributed by atoms with Gasteiger partial charge in [-0.15, -0.1) is 0 Å². The molecule has 0 aromatic heterocycles. The zero-order chi connectivity index (χ0) is 34.1. The van der Waals surface area contributed by atoms with Crippen LogP contribution in [0, 0.1) is 35.0 Å². The van der Waals surface area contributed by atoms with Crippen LogP contribution in [-0.4, -0.2) is 22.6 Å². The lowest BCUT2D eigenvalue weighted by molar-refractivity contribution is -0.139. The highest BCUT2D eigenvalue weighted by atomic mass is 28.4. The molecular formula is C34H43F5O4Si2. The first-order chi connectivity index (χ1) is 20.5.